The van der Waals surface area contributed by atoms with E-state index in [1.54, 1.807) is 0 Å². The van der Waals surface area contributed by atoms with E-state index in [0.29, 0.717) is 18.6 Å². The number of rotatable bonds is 7. The molecule has 18 heavy (non-hydrogen) atoms. The molecule has 0 aliphatic rings. The normalized spacial score (nSPS) is 11.4. The number of Topliss-reactive ketones (excluding diaryl/α,β-unsaturated/α-hetero) is 1. The molecule has 0 atom stereocenters. The molecular formula is C13H18O3S2. The molecule has 0 radical (unpaired) electrons. The van der Waals surface area contributed by atoms with E-state index in [1.807, 2.05) is 31.2 Å². The minimum absolute atomic E-state index is 0.0912. The number of benzene rings is 1. The maximum Gasteiger partial charge on any atom is 0.147 e. The summed E-state index contributed by atoms with van der Waals surface area (Å²) < 4.78 is 21.8. The zero-order valence-corrected chi connectivity index (χ0v) is 12.3. The van der Waals surface area contributed by atoms with Crippen LogP contribution in [0, 0.1) is 6.92 Å². The van der Waals surface area contributed by atoms with Crippen LogP contribution in [0.1, 0.15) is 18.4 Å². The summed E-state index contributed by atoms with van der Waals surface area (Å²) in [7, 11) is -2.95. The van der Waals surface area contributed by atoms with Crippen LogP contribution in [0.5, 0.6) is 0 Å². The summed E-state index contributed by atoms with van der Waals surface area (Å²) in [5.41, 5.74) is 1.19. The SMILES string of the molecule is Cc1ccc(SCC(=O)CCCS(C)(=O)=O)cc1. The average molecular weight is 286 g/mol. The van der Waals surface area contributed by atoms with Gasteiger partial charge in [-0.25, -0.2) is 8.42 Å². The van der Waals surface area contributed by atoms with Crippen molar-refractivity contribution in [2.45, 2.75) is 24.7 Å². The maximum absolute atomic E-state index is 11.6. The van der Waals surface area contributed by atoms with Crippen molar-refractivity contribution < 1.29 is 13.2 Å². The minimum atomic E-state index is -2.95. The van der Waals surface area contributed by atoms with Crippen LogP contribution >= 0.6 is 11.8 Å². The number of hydrogen-bond acceptors (Lipinski definition) is 4. The average Bonchev–Trinajstić information content (AvgIpc) is 2.26. The van der Waals surface area contributed by atoms with Crippen LogP contribution in [0.3, 0.4) is 0 Å². The van der Waals surface area contributed by atoms with Crippen molar-refractivity contribution in [1.29, 1.82) is 0 Å². The summed E-state index contributed by atoms with van der Waals surface area (Å²) >= 11 is 1.50. The fourth-order valence-electron chi connectivity index (χ4n) is 1.40. The number of aryl methyl sites for hydroxylation is 1. The molecule has 1 aromatic rings. The van der Waals surface area contributed by atoms with Gasteiger partial charge in [-0.05, 0) is 25.5 Å². The molecule has 0 fully saturated rings. The first-order valence-corrected chi connectivity index (χ1v) is 8.80. The van der Waals surface area contributed by atoms with E-state index >= 15 is 0 Å². The monoisotopic (exact) mass is 286 g/mol. The van der Waals surface area contributed by atoms with Gasteiger partial charge in [0.1, 0.15) is 15.6 Å². The number of carbonyl (C=O) groups excluding carboxylic acids is 1. The molecule has 0 heterocycles. The zero-order chi connectivity index (χ0) is 13.6. The number of ketones is 1. The van der Waals surface area contributed by atoms with Gasteiger partial charge in [-0.2, -0.15) is 0 Å². The van der Waals surface area contributed by atoms with Crippen LogP contribution in [-0.2, 0) is 14.6 Å². The molecule has 0 N–H and O–H groups in total. The van der Waals surface area contributed by atoms with Crippen molar-refractivity contribution in [3.8, 4) is 0 Å². The van der Waals surface area contributed by atoms with E-state index in [2.05, 4.69) is 0 Å². The molecule has 1 aromatic carbocycles. The lowest BCUT2D eigenvalue weighted by molar-refractivity contribution is -0.116. The summed E-state index contributed by atoms with van der Waals surface area (Å²) in [5.74, 6) is 0.602. The van der Waals surface area contributed by atoms with E-state index in [0.717, 1.165) is 4.90 Å². The van der Waals surface area contributed by atoms with Crippen LogP contribution in [-0.4, -0.2) is 32.0 Å². The molecule has 0 spiro atoms. The van der Waals surface area contributed by atoms with Crippen molar-refractivity contribution in [2.75, 3.05) is 17.8 Å². The Morgan fingerprint density at radius 3 is 2.39 bits per heavy atom. The molecule has 0 saturated heterocycles. The smallest absolute Gasteiger partial charge is 0.147 e. The van der Waals surface area contributed by atoms with Crippen molar-refractivity contribution in [3.05, 3.63) is 29.8 Å². The van der Waals surface area contributed by atoms with Gasteiger partial charge in [0, 0.05) is 17.6 Å². The molecule has 0 bridgehead atoms. The van der Waals surface area contributed by atoms with E-state index in [9.17, 15) is 13.2 Å². The Kier molecular flexibility index (Phi) is 5.88. The number of carbonyl (C=O) groups is 1. The zero-order valence-electron chi connectivity index (χ0n) is 10.7. The molecule has 0 amide bonds. The van der Waals surface area contributed by atoms with Gasteiger partial charge in [0.25, 0.3) is 0 Å². The third-order valence-corrected chi connectivity index (χ3v) is 4.49. The van der Waals surface area contributed by atoms with Crippen LogP contribution < -0.4 is 0 Å². The Labute approximate surface area is 113 Å². The molecule has 0 saturated carbocycles. The Hall–Kier alpha value is -0.810. The first-order chi connectivity index (χ1) is 8.37. The standard InChI is InChI=1S/C13H18O3S2/c1-11-5-7-13(8-6-11)17-10-12(14)4-3-9-18(2,15)16/h5-8H,3-4,9-10H2,1-2H3. The van der Waals surface area contributed by atoms with Gasteiger partial charge in [0.05, 0.1) is 11.5 Å². The topological polar surface area (TPSA) is 51.2 Å². The third kappa shape index (κ3) is 6.81. The van der Waals surface area contributed by atoms with Crippen LogP contribution in [0.2, 0.25) is 0 Å². The highest BCUT2D eigenvalue weighted by Crippen LogP contribution is 2.18. The summed E-state index contributed by atoms with van der Waals surface area (Å²) in [6.45, 7) is 2.02. The highest BCUT2D eigenvalue weighted by Gasteiger charge is 2.06. The Morgan fingerprint density at radius 1 is 1.22 bits per heavy atom. The second-order valence-electron chi connectivity index (χ2n) is 4.37. The van der Waals surface area contributed by atoms with Crippen LogP contribution in [0.25, 0.3) is 0 Å². The summed E-state index contributed by atoms with van der Waals surface area (Å²) in [6, 6.07) is 8.00. The number of thioether (sulfide) groups is 1. The summed E-state index contributed by atoms with van der Waals surface area (Å²) in [6.07, 6.45) is 1.95. The highest BCUT2D eigenvalue weighted by atomic mass is 32.2. The molecule has 5 heteroatoms. The molecule has 1 rings (SSSR count). The van der Waals surface area contributed by atoms with Crippen LogP contribution in [0.4, 0.5) is 0 Å². The Morgan fingerprint density at radius 2 is 1.83 bits per heavy atom. The van der Waals surface area contributed by atoms with E-state index < -0.39 is 9.84 Å². The van der Waals surface area contributed by atoms with Crippen molar-refractivity contribution in [3.63, 3.8) is 0 Å². The lowest BCUT2D eigenvalue weighted by atomic mass is 10.2. The minimum Gasteiger partial charge on any atom is -0.299 e. The van der Waals surface area contributed by atoms with Gasteiger partial charge in [-0.3, -0.25) is 4.79 Å². The predicted molar refractivity (Wildman–Crippen MR) is 75.9 cm³/mol. The second-order valence-corrected chi connectivity index (χ2v) is 7.68. The number of hydrogen-bond donors (Lipinski definition) is 0. The largest absolute Gasteiger partial charge is 0.299 e. The summed E-state index contributed by atoms with van der Waals surface area (Å²) in [5, 5.41) is 0. The lowest BCUT2D eigenvalue weighted by Crippen LogP contribution is -2.07. The van der Waals surface area contributed by atoms with Gasteiger partial charge in [-0.1, -0.05) is 17.7 Å². The Balaban J connectivity index is 2.27. The van der Waals surface area contributed by atoms with Crippen molar-refractivity contribution >= 4 is 27.4 Å². The molecular weight excluding hydrogens is 268 g/mol. The highest BCUT2D eigenvalue weighted by molar-refractivity contribution is 8.00. The van der Waals surface area contributed by atoms with Gasteiger partial charge < -0.3 is 0 Å². The fourth-order valence-corrected chi connectivity index (χ4v) is 2.87. The van der Waals surface area contributed by atoms with Crippen molar-refractivity contribution in [2.24, 2.45) is 0 Å². The molecule has 0 unspecified atom stereocenters. The number of sulfone groups is 1. The van der Waals surface area contributed by atoms with Gasteiger partial charge in [-0.15, -0.1) is 11.8 Å². The first kappa shape index (κ1) is 15.2. The maximum atomic E-state index is 11.6. The molecule has 0 aliphatic carbocycles. The summed E-state index contributed by atoms with van der Waals surface area (Å²) in [4.78, 5) is 12.6. The fraction of sp³-hybridized carbons (Fsp3) is 0.462. The van der Waals surface area contributed by atoms with Crippen LogP contribution in [0.15, 0.2) is 29.2 Å². The molecule has 3 nitrogen and oxygen atoms in total. The molecule has 100 valence electrons. The van der Waals surface area contributed by atoms with Crippen molar-refractivity contribution in [1.82, 2.24) is 0 Å². The van der Waals surface area contributed by atoms with E-state index in [-0.39, 0.29) is 11.5 Å². The van der Waals surface area contributed by atoms with Gasteiger partial charge >= 0.3 is 0 Å². The van der Waals surface area contributed by atoms with E-state index in [4.69, 9.17) is 0 Å². The first-order valence-electron chi connectivity index (χ1n) is 5.76. The van der Waals surface area contributed by atoms with Gasteiger partial charge in [0.15, 0.2) is 0 Å². The van der Waals surface area contributed by atoms with E-state index in [1.165, 1.54) is 23.6 Å². The lowest BCUT2D eigenvalue weighted by Gasteiger charge is -2.02. The predicted octanol–water partition coefficient (Wildman–Crippen LogP) is 2.48. The second kappa shape index (κ2) is 6.95. The third-order valence-electron chi connectivity index (χ3n) is 2.39. The molecule has 0 aromatic heterocycles. The Bertz CT molecular complexity index is 489. The quantitative estimate of drug-likeness (QED) is 0.723. The molecule has 0 aliphatic heterocycles. The van der Waals surface area contributed by atoms with Gasteiger partial charge in [0.2, 0.25) is 0 Å².